The number of hydrogen-bond donors (Lipinski definition) is 1. The van der Waals surface area contributed by atoms with E-state index >= 15 is 0 Å². The molecule has 2 aliphatic rings. The molecule has 0 bridgehead atoms. The molecule has 2 rings (SSSR count). The highest BCUT2D eigenvalue weighted by atomic mass is 32.2. The van der Waals surface area contributed by atoms with E-state index in [-0.39, 0.29) is 15.8 Å². The van der Waals surface area contributed by atoms with E-state index in [1.165, 1.54) is 0 Å². The second kappa shape index (κ2) is 3.89. The third-order valence-corrected chi connectivity index (χ3v) is 4.88. The van der Waals surface area contributed by atoms with Crippen molar-refractivity contribution in [2.45, 2.75) is 70.2 Å². The Hall–Kier alpha value is -0.710. The minimum atomic E-state index is -0.224. The van der Waals surface area contributed by atoms with Gasteiger partial charge in [-0.2, -0.15) is 0 Å². The molecule has 0 amide bonds. The first-order valence-corrected chi connectivity index (χ1v) is 7.22. The van der Waals surface area contributed by atoms with E-state index in [1.54, 1.807) is 11.8 Å². The summed E-state index contributed by atoms with van der Waals surface area (Å²) in [6.07, 6.45) is 2.07. The summed E-state index contributed by atoms with van der Waals surface area (Å²) in [5.74, 6) is 0.717. The molecule has 1 fully saturated rings. The average molecular weight is 269 g/mol. The van der Waals surface area contributed by atoms with Gasteiger partial charge in [0, 0.05) is 5.54 Å². The van der Waals surface area contributed by atoms with Crippen LogP contribution < -0.4 is 0 Å². The molecule has 0 spiro atoms. The van der Waals surface area contributed by atoms with E-state index in [9.17, 15) is 5.21 Å². The normalized spacial score (nSPS) is 30.9. The van der Waals surface area contributed by atoms with Gasteiger partial charge in [-0.25, -0.2) is 0 Å². The molecule has 2 heterocycles. The van der Waals surface area contributed by atoms with E-state index in [4.69, 9.17) is 4.99 Å². The van der Waals surface area contributed by atoms with Gasteiger partial charge < -0.3 is 5.21 Å². The maximum atomic E-state index is 9.37. The van der Waals surface area contributed by atoms with Crippen LogP contribution in [0.2, 0.25) is 0 Å². The van der Waals surface area contributed by atoms with Crippen LogP contribution in [0.3, 0.4) is 0 Å². The lowest BCUT2D eigenvalue weighted by Crippen LogP contribution is -2.49. The van der Waals surface area contributed by atoms with Gasteiger partial charge in [-0.15, -0.1) is 0 Å². The second-order valence-electron chi connectivity index (χ2n) is 6.89. The Balaban J connectivity index is 2.56. The fourth-order valence-electron chi connectivity index (χ4n) is 2.50. The Morgan fingerprint density at radius 1 is 1.17 bits per heavy atom. The van der Waals surface area contributed by atoms with Gasteiger partial charge in [-0.05, 0) is 54.4 Å². The van der Waals surface area contributed by atoms with E-state index < -0.39 is 0 Å². The van der Waals surface area contributed by atoms with Crippen molar-refractivity contribution < 1.29 is 5.21 Å². The van der Waals surface area contributed by atoms with Crippen LogP contribution in [0.25, 0.3) is 0 Å². The smallest absolute Gasteiger partial charge is 0.166 e. The van der Waals surface area contributed by atoms with Gasteiger partial charge >= 0.3 is 0 Å². The van der Waals surface area contributed by atoms with Gasteiger partial charge in [-0.1, -0.05) is 16.9 Å². The molecule has 4 nitrogen and oxygen atoms in total. The summed E-state index contributed by atoms with van der Waals surface area (Å²) >= 11 is 1.69. The first-order chi connectivity index (χ1) is 8.09. The lowest BCUT2D eigenvalue weighted by atomic mass is 9.89. The molecule has 2 aliphatic heterocycles. The molecular weight excluding hydrogens is 246 g/mol. The first kappa shape index (κ1) is 13.7. The number of amidine groups is 2. The van der Waals surface area contributed by atoms with Crippen LogP contribution in [-0.2, 0) is 0 Å². The van der Waals surface area contributed by atoms with E-state index in [1.807, 2.05) is 0 Å². The summed E-state index contributed by atoms with van der Waals surface area (Å²) in [7, 11) is 0. The minimum Gasteiger partial charge on any atom is -0.409 e. The van der Waals surface area contributed by atoms with E-state index in [0.29, 0.717) is 5.84 Å². The number of thioether (sulfide) groups is 1. The molecule has 0 aromatic carbocycles. The third kappa shape index (κ3) is 2.13. The van der Waals surface area contributed by atoms with Gasteiger partial charge in [-0.3, -0.25) is 9.89 Å². The zero-order chi connectivity index (χ0) is 13.8. The van der Waals surface area contributed by atoms with Crippen molar-refractivity contribution in [3.8, 4) is 0 Å². The van der Waals surface area contributed by atoms with Gasteiger partial charge in [0.25, 0.3) is 0 Å². The highest BCUT2D eigenvalue weighted by molar-refractivity contribution is 8.16. The zero-order valence-corrected chi connectivity index (χ0v) is 12.9. The number of fused-ring (bicyclic) bond motifs is 1. The summed E-state index contributed by atoms with van der Waals surface area (Å²) in [5, 5.41) is 13.9. The predicted molar refractivity (Wildman–Crippen MR) is 77.6 cm³/mol. The molecule has 0 aliphatic carbocycles. The topological polar surface area (TPSA) is 48.2 Å². The molecule has 1 N–H and O–H groups in total. The molecule has 0 aromatic rings. The molecular formula is C13H23N3OS. The van der Waals surface area contributed by atoms with Crippen LogP contribution in [-0.4, -0.2) is 36.9 Å². The lowest BCUT2D eigenvalue weighted by molar-refractivity contribution is 0.255. The minimum absolute atomic E-state index is 0.0463. The molecule has 0 unspecified atom stereocenters. The van der Waals surface area contributed by atoms with Crippen LogP contribution in [0.4, 0.5) is 0 Å². The molecule has 0 saturated carbocycles. The van der Waals surface area contributed by atoms with Crippen molar-refractivity contribution in [2.75, 3.05) is 0 Å². The molecule has 0 radical (unpaired) electrons. The van der Waals surface area contributed by atoms with Crippen molar-refractivity contribution in [2.24, 2.45) is 10.1 Å². The standard InChI is InChI=1S/C13H23N3OS/c1-11(2)7-8-12(3,4)16-9(15-17)13(5,6)18-10(16)14-11/h17H,7-8H2,1-6H3. The third-order valence-electron chi connectivity index (χ3n) is 3.73. The van der Waals surface area contributed by atoms with Crippen LogP contribution in [0, 0.1) is 0 Å². The Kier molecular flexibility index (Phi) is 2.96. The van der Waals surface area contributed by atoms with Crippen LogP contribution in [0.15, 0.2) is 10.1 Å². The summed E-state index contributed by atoms with van der Waals surface area (Å²) in [6, 6.07) is 0. The van der Waals surface area contributed by atoms with E-state index in [2.05, 4.69) is 51.6 Å². The second-order valence-corrected chi connectivity index (χ2v) is 8.48. The number of hydrogen-bond acceptors (Lipinski definition) is 4. The van der Waals surface area contributed by atoms with Crippen molar-refractivity contribution in [3.05, 3.63) is 0 Å². The lowest BCUT2D eigenvalue weighted by Gasteiger charge is -2.36. The quantitative estimate of drug-likeness (QED) is 0.542. The van der Waals surface area contributed by atoms with Crippen molar-refractivity contribution in [1.82, 2.24) is 4.90 Å². The summed E-state index contributed by atoms with van der Waals surface area (Å²) in [6.45, 7) is 12.9. The maximum Gasteiger partial charge on any atom is 0.166 e. The van der Waals surface area contributed by atoms with Gasteiger partial charge in [0.2, 0.25) is 0 Å². The Labute approximate surface area is 114 Å². The molecule has 5 heteroatoms. The van der Waals surface area contributed by atoms with Crippen LogP contribution in [0.5, 0.6) is 0 Å². The van der Waals surface area contributed by atoms with Gasteiger partial charge in [0.15, 0.2) is 11.0 Å². The monoisotopic (exact) mass is 269 g/mol. The Bertz CT molecular complexity index is 424. The van der Waals surface area contributed by atoms with Gasteiger partial charge in [0.05, 0.1) is 10.3 Å². The maximum absolute atomic E-state index is 9.37. The van der Waals surface area contributed by atoms with E-state index in [0.717, 1.165) is 18.0 Å². The zero-order valence-electron chi connectivity index (χ0n) is 12.1. The fraction of sp³-hybridized carbons (Fsp3) is 0.846. The summed E-state index contributed by atoms with van der Waals surface area (Å²) in [5.41, 5.74) is -0.107. The molecule has 102 valence electrons. The number of nitrogens with zero attached hydrogens (tertiary/aromatic N) is 3. The largest absolute Gasteiger partial charge is 0.409 e. The Morgan fingerprint density at radius 3 is 2.33 bits per heavy atom. The Morgan fingerprint density at radius 2 is 1.78 bits per heavy atom. The SMILES string of the molecule is CC1(C)CCC(C)(C)N2C(=N1)SC(C)(C)C2=NO. The number of rotatable bonds is 0. The van der Waals surface area contributed by atoms with Crippen molar-refractivity contribution >= 4 is 22.8 Å². The predicted octanol–water partition coefficient (Wildman–Crippen LogP) is 3.31. The molecule has 0 atom stereocenters. The number of aliphatic imine (C=N–C) groups is 1. The highest BCUT2D eigenvalue weighted by Crippen LogP contribution is 2.45. The molecule has 1 saturated heterocycles. The van der Waals surface area contributed by atoms with Gasteiger partial charge in [0.1, 0.15) is 0 Å². The fourth-order valence-corrected chi connectivity index (χ4v) is 3.90. The first-order valence-electron chi connectivity index (χ1n) is 6.41. The summed E-state index contributed by atoms with van der Waals surface area (Å²) < 4.78 is -0.224. The van der Waals surface area contributed by atoms with Crippen LogP contribution in [0.1, 0.15) is 54.4 Å². The van der Waals surface area contributed by atoms with Crippen molar-refractivity contribution in [3.63, 3.8) is 0 Å². The highest BCUT2D eigenvalue weighted by Gasteiger charge is 2.50. The number of oxime groups is 1. The summed E-state index contributed by atoms with van der Waals surface area (Å²) in [4.78, 5) is 6.99. The molecule has 18 heavy (non-hydrogen) atoms. The van der Waals surface area contributed by atoms with Crippen molar-refractivity contribution in [1.29, 1.82) is 0 Å². The van der Waals surface area contributed by atoms with Crippen LogP contribution >= 0.6 is 11.8 Å². The molecule has 0 aromatic heterocycles. The average Bonchev–Trinajstić information content (AvgIpc) is 2.41.